The lowest BCUT2D eigenvalue weighted by Gasteiger charge is -2.39. The average molecular weight is 268 g/mol. The Balaban J connectivity index is 2.04. The van der Waals surface area contributed by atoms with Crippen LogP contribution in [0.5, 0.6) is 0 Å². The summed E-state index contributed by atoms with van der Waals surface area (Å²) in [6.45, 7) is 7.21. The first-order valence-electron chi connectivity index (χ1n) is 7.21. The molecule has 3 atom stereocenters. The molecule has 0 aromatic carbocycles. The first-order valence-corrected chi connectivity index (χ1v) is 7.21. The van der Waals surface area contributed by atoms with Crippen LogP contribution in [-0.2, 0) is 14.3 Å². The van der Waals surface area contributed by atoms with Crippen molar-refractivity contribution in [1.82, 2.24) is 10.2 Å². The van der Waals surface area contributed by atoms with Crippen LogP contribution in [0.4, 0.5) is 0 Å². The zero-order valence-electron chi connectivity index (χ0n) is 12.0. The zero-order chi connectivity index (χ0) is 14.0. The SMILES string of the molecule is CC(C)CC1NC(=O)C(C)N(CC2CCCO2)C1=O. The molecular formula is C14H24N2O3. The minimum Gasteiger partial charge on any atom is -0.376 e. The summed E-state index contributed by atoms with van der Waals surface area (Å²) in [5.74, 6) is 0.367. The minimum absolute atomic E-state index is 0.0382. The summed E-state index contributed by atoms with van der Waals surface area (Å²) in [5.41, 5.74) is 0. The normalized spacial score (nSPS) is 32.0. The van der Waals surface area contributed by atoms with Gasteiger partial charge in [-0.1, -0.05) is 13.8 Å². The molecule has 5 nitrogen and oxygen atoms in total. The summed E-state index contributed by atoms with van der Waals surface area (Å²) in [7, 11) is 0. The van der Waals surface area contributed by atoms with Crippen molar-refractivity contribution in [3.63, 3.8) is 0 Å². The number of amides is 2. The summed E-state index contributed by atoms with van der Waals surface area (Å²) in [4.78, 5) is 26.1. The van der Waals surface area contributed by atoms with E-state index in [-0.39, 0.29) is 30.0 Å². The maximum Gasteiger partial charge on any atom is 0.245 e. The van der Waals surface area contributed by atoms with Gasteiger partial charge in [-0.05, 0) is 32.1 Å². The van der Waals surface area contributed by atoms with Crippen LogP contribution in [0.3, 0.4) is 0 Å². The van der Waals surface area contributed by atoms with Gasteiger partial charge in [0.15, 0.2) is 0 Å². The van der Waals surface area contributed by atoms with Gasteiger partial charge in [0.2, 0.25) is 11.8 Å². The third kappa shape index (κ3) is 3.26. The predicted octanol–water partition coefficient (Wildman–Crippen LogP) is 0.927. The third-order valence-corrected chi connectivity index (χ3v) is 3.88. The number of piperazine rings is 1. The average Bonchev–Trinajstić information content (AvgIpc) is 2.84. The van der Waals surface area contributed by atoms with E-state index in [9.17, 15) is 9.59 Å². The van der Waals surface area contributed by atoms with Gasteiger partial charge in [0, 0.05) is 13.2 Å². The van der Waals surface area contributed by atoms with Crippen LogP contribution in [0.1, 0.15) is 40.0 Å². The highest BCUT2D eigenvalue weighted by atomic mass is 16.5. The zero-order valence-corrected chi connectivity index (χ0v) is 12.0. The van der Waals surface area contributed by atoms with Crippen LogP contribution in [0, 0.1) is 5.92 Å². The van der Waals surface area contributed by atoms with Crippen LogP contribution >= 0.6 is 0 Å². The Morgan fingerprint density at radius 2 is 2.16 bits per heavy atom. The lowest BCUT2D eigenvalue weighted by molar-refractivity contribution is -0.150. The van der Waals surface area contributed by atoms with Crippen molar-refractivity contribution in [2.75, 3.05) is 13.2 Å². The summed E-state index contributed by atoms with van der Waals surface area (Å²) in [6.07, 6.45) is 2.81. The van der Waals surface area contributed by atoms with Gasteiger partial charge < -0.3 is 15.0 Å². The van der Waals surface area contributed by atoms with Gasteiger partial charge in [0.05, 0.1) is 6.10 Å². The van der Waals surface area contributed by atoms with Gasteiger partial charge in [-0.25, -0.2) is 0 Å². The number of ether oxygens (including phenoxy) is 1. The number of carbonyl (C=O) groups excluding carboxylic acids is 2. The summed E-state index contributed by atoms with van der Waals surface area (Å²) in [6, 6.07) is -0.759. The number of rotatable bonds is 4. The Hall–Kier alpha value is -1.10. The Labute approximate surface area is 114 Å². The summed E-state index contributed by atoms with van der Waals surface area (Å²) >= 11 is 0. The first-order chi connectivity index (χ1) is 8.99. The maximum atomic E-state index is 12.5. The molecule has 0 aromatic heterocycles. The van der Waals surface area contributed by atoms with E-state index in [1.807, 2.05) is 0 Å². The molecule has 108 valence electrons. The van der Waals surface area contributed by atoms with Crippen molar-refractivity contribution in [3.8, 4) is 0 Å². The highest BCUT2D eigenvalue weighted by Crippen LogP contribution is 2.19. The Kier molecular flexibility index (Phi) is 4.45. The van der Waals surface area contributed by atoms with E-state index in [1.165, 1.54) is 0 Å². The van der Waals surface area contributed by atoms with Crippen molar-refractivity contribution < 1.29 is 14.3 Å². The molecule has 2 rings (SSSR count). The molecule has 3 unspecified atom stereocenters. The van der Waals surface area contributed by atoms with Crippen LogP contribution in [0.25, 0.3) is 0 Å². The van der Waals surface area contributed by atoms with Gasteiger partial charge >= 0.3 is 0 Å². The van der Waals surface area contributed by atoms with Crippen molar-refractivity contribution in [3.05, 3.63) is 0 Å². The van der Waals surface area contributed by atoms with Crippen LogP contribution in [0.2, 0.25) is 0 Å². The minimum atomic E-state index is -0.389. The van der Waals surface area contributed by atoms with Crippen molar-refractivity contribution >= 4 is 11.8 Å². The van der Waals surface area contributed by atoms with Crippen molar-refractivity contribution in [1.29, 1.82) is 0 Å². The van der Waals surface area contributed by atoms with E-state index >= 15 is 0 Å². The van der Waals surface area contributed by atoms with Gasteiger partial charge in [-0.2, -0.15) is 0 Å². The van der Waals surface area contributed by atoms with E-state index in [0.717, 1.165) is 19.4 Å². The second-order valence-corrected chi connectivity index (χ2v) is 5.99. The molecule has 0 bridgehead atoms. The standard InChI is InChI=1S/C14H24N2O3/c1-9(2)7-12-14(18)16(10(3)13(17)15-12)8-11-5-4-6-19-11/h9-12H,4-8H2,1-3H3,(H,15,17). The van der Waals surface area contributed by atoms with Crippen LogP contribution in [0.15, 0.2) is 0 Å². The molecule has 0 radical (unpaired) electrons. The second-order valence-electron chi connectivity index (χ2n) is 5.99. The monoisotopic (exact) mass is 268 g/mol. The summed E-state index contributed by atoms with van der Waals surface area (Å²) < 4.78 is 5.58. The molecule has 2 fully saturated rings. The predicted molar refractivity (Wildman–Crippen MR) is 71.5 cm³/mol. The molecule has 0 aromatic rings. The van der Waals surface area contributed by atoms with Crippen molar-refractivity contribution in [2.24, 2.45) is 5.92 Å². The lowest BCUT2D eigenvalue weighted by atomic mass is 9.98. The molecule has 2 amide bonds. The fourth-order valence-corrected chi connectivity index (χ4v) is 2.77. The molecule has 0 aliphatic carbocycles. The molecule has 2 aliphatic rings. The topological polar surface area (TPSA) is 58.6 Å². The van der Waals surface area contributed by atoms with E-state index in [2.05, 4.69) is 19.2 Å². The fraction of sp³-hybridized carbons (Fsp3) is 0.857. The number of hydrogen-bond acceptors (Lipinski definition) is 3. The fourth-order valence-electron chi connectivity index (χ4n) is 2.77. The number of carbonyl (C=O) groups is 2. The molecule has 1 N–H and O–H groups in total. The molecule has 2 heterocycles. The quantitative estimate of drug-likeness (QED) is 0.825. The smallest absolute Gasteiger partial charge is 0.245 e. The Bertz CT molecular complexity index is 351. The van der Waals surface area contributed by atoms with E-state index < -0.39 is 0 Å². The van der Waals surface area contributed by atoms with Gasteiger partial charge in [-0.15, -0.1) is 0 Å². The van der Waals surface area contributed by atoms with Crippen LogP contribution in [-0.4, -0.2) is 48.1 Å². The number of nitrogens with zero attached hydrogens (tertiary/aromatic N) is 1. The third-order valence-electron chi connectivity index (χ3n) is 3.88. The molecular weight excluding hydrogens is 244 g/mol. The molecule has 2 saturated heterocycles. The van der Waals surface area contributed by atoms with Crippen LogP contribution < -0.4 is 5.32 Å². The van der Waals surface area contributed by atoms with Gasteiger partial charge in [-0.3, -0.25) is 9.59 Å². The Morgan fingerprint density at radius 1 is 1.42 bits per heavy atom. The van der Waals surface area contributed by atoms with Gasteiger partial charge in [0.1, 0.15) is 12.1 Å². The molecule has 19 heavy (non-hydrogen) atoms. The molecule has 0 saturated carbocycles. The van der Waals surface area contributed by atoms with E-state index in [4.69, 9.17) is 4.74 Å². The van der Waals surface area contributed by atoms with Gasteiger partial charge in [0.25, 0.3) is 0 Å². The first kappa shape index (κ1) is 14.3. The highest BCUT2D eigenvalue weighted by molar-refractivity contribution is 5.96. The molecule has 5 heteroatoms. The largest absolute Gasteiger partial charge is 0.376 e. The molecule has 0 spiro atoms. The molecule has 2 aliphatic heterocycles. The Morgan fingerprint density at radius 3 is 2.74 bits per heavy atom. The summed E-state index contributed by atoms with van der Waals surface area (Å²) in [5, 5.41) is 2.83. The van der Waals surface area contributed by atoms with Crippen molar-refractivity contribution in [2.45, 2.75) is 58.2 Å². The lowest BCUT2D eigenvalue weighted by Crippen LogP contribution is -2.63. The number of nitrogens with one attached hydrogen (secondary N) is 1. The maximum absolute atomic E-state index is 12.5. The van der Waals surface area contributed by atoms with E-state index in [0.29, 0.717) is 18.9 Å². The number of hydrogen-bond donors (Lipinski definition) is 1. The highest BCUT2D eigenvalue weighted by Gasteiger charge is 2.39. The van der Waals surface area contributed by atoms with E-state index in [1.54, 1.807) is 11.8 Å². The second kappa shape index (κ2) is 5.90.